The molecule has 4 nitrogen and oxygen atoms in total. The van der Waals surface area contributed by atoms with Gasteiger partial charge in [-0.15, -0.1) is 24.0 Å². The van der Waals surface area contributed by atoms with E-state index in [1.54, 1.807) is 0 Å². The number of rotatable bonds is 3. The second-order valence-electron chi connectivity index (χ2n) is 6.79. The molecule has 0 aromatic carbocycles. The first-order valence-electron chi connectivity index (χ1n) is 7.97. The number of aliphatic imine (C=N–C) groups is 1. The van der Waals surface area contributed by atoms with Gasteiger partial charge in [0.25, 0.3) is 0 Å². The topological polar surface area (TPSA) is 45.7 Å². The fourth-order valence-electron chi connectivity index (χ4n) is 3.98. The Bertz CT molecular complexity index is 414. The average molecular weight is 405 g/mol. The summed E-state index contributed by atoms with van der Waals surface area (Å²) >= 11 is 0. The van der Waals surface area contributed by atoms with Gasteiger partial charge in [-0.05, 0) is 26.2 Å². The monoisotopic (exact) mass is 405 g/mol. The molecule has 1 saturated carbocycles. The summed E-state index contributed by atoms with van der Waals surface area (Å²) in [6.45, 7) is 8.42. The highest BCUT2D eigenvalue weighted by molar-refractivity contribution is 14.0. The summed E-state index contributed by atoms with van der Waals surface area (Å²) in [5.74, 6) is 1.63. The van der Waals surface area contributed by atoms with E-state index >= 15 is 0 Å². The third-order valence-corrected chi connectivity index (χ3v) is 5.06. The van der Waals surface area contributed by atoms with Gasteiger partial charge in [-0.1, -0.05) is 26.0 Å². The molecule has 1 heterocycles. The van der Waals surface area contributed by atoms with Crippen molar-refractivity contribution in [1.82, 2.24) is 10.6 Å². The van der Waals surface area contributed by atoms with Crippen LogP contribution in [0.4, 0.5) is 0 Å². The minimum Gasteiger partial charge on any atom is -0.377 e. The fourth-order valence-corrected chi connectivity index (χ4v) is 3.98. The van der Waals surface area contributed by atoms with Crippen LogP contribution in [0.15, 0.2) is 17.1 Å². The van der Waals surface area contributed by atoms with E-state index in [0.717, 1.165) is 32.0 Å². The van der Waals surface area contributed by atoms with Gasteiger partial charge in [0.05, 0.1) is 6.10 Å². The zero-order chi connectivity index (χ0) is 14.2. The molecule has 0 radical (unpaired) electrons. The van der Waals surface area contributed by atoms with Gasteiger partial charge < -0.3 is 15.4 Å². The van der Waals surface area contributed by atoms with Gasteiger partial charge >= 0.3 is 0 Å². The first-order valence-corrected chi connectivity index (χ1v) is 7.97. The number of hydrogen-bond acceptors (Lipinski definition) is 2. The minimum atomic E-state index is 0. The third-order valence-electron chi connectivity index (χ3n) is 5.06. The average Bonchev–Trinajstić information content (AvgIpc) is 3.06. The molecule has 1 saturated heterocycles. The van der Waals surface area contributed by atoms with Crippen LogP contribution in [0, 0.1) is 11.3 Å². The lowest BCUT2D eigenvalue weighted by Gasteiger charge is -2.55. The summed E-state index contributed by atoms with van der Waals surface area (Å²) in [5, 5.41) is 7.24. The summed E-state index contributed by atoms with van der Waals surface area (Å²) < 4.78 is 5.86. The molecule has 2 fully saturated rings. The molecule has 5 heteroatoms. The van der Waals surface area contributed by atoms with Gasteiger partial charge in [-0.2, -0.15) is 0 Å². The number of hydrogen-bond donors (Lipinski definition) is 2. The zero-order valence-electron chi connectivity index (χ0n) is 13.3. The molecule has 0 aromatic heterocycles. The Kier molecular flexibility index (Phi) is 5.57. The molecule has 3 atom stereocenters. The van der Waals surface area contributed by atoms with Crippen LogP contribution in [0.3, 0.4) is 0 Å². The van der Waals surface area contributed by atoms with Gasteiger partial charge in [-0.25, -0.2) is 0 Å². The van der Waals surface area contributed by atoms with Crippen molar-refractivity contribution in [2.75, 3.05) is 13.2 Å². The van der Waals surface area contributed by atoms with Crippen LogP contribution in [0.2, 0.25) is 0 Å². The van der Waals surface area contributed by atoms with Crippen LogP contribution in [0.5, 0.6) is 0 Å². The summed E-state index contributed by atoms with van der Waals surface area (Å²) in [7, 11) is 0. The Balaban J connectivity index is 0.00000161. The van der Waals surface area contributed by atoms with Crippen molar-refractivity contribution in [2.45, 2.75) is 58.2 Å². The molecule has 1 aliphatic heterocycles. The van der Waals surface area contributed by atoms with E-state index in [4.69, 9.17) is 4.74 Å². The lowest BCUT2D eigenvalue weighted by atomic mass is 9.57. The highest BCUT2D eigenvalue weighted by Crippen LogP contribution is 2.52. The maximum atomic E-state index is 5.86. The van der Waals surface area contributed by atoms with Crippen LogP contribution in [0.25, 0.3) is 0 Å². The van der Waals surface area contributed by atoms with Gasteiger partial charge in [0.1, 0.15) is 0 Å². The van der Waals surface area contributed by atoms with Gasteiger partial charge in [-0.3, -0.25) is 4.99 Å². The Morgan fingerprint density at radius 3 is 2.67 bits per heavy atom. The van der Waals surface area contributed by atoms with Crippen molar-refractivity contribution < 1.29 is 4.74 Å². The maximum absolute atomic E-state index is 5.86. The first-order chi connectivity index (χ1) is 9.63. The standard InChI is InChI=1S/C16H27N3O.HI/c1-4-17-15(18-11-7-5-6-8-11)19-13-12-9-10-20-14(12)16(13,2)3;/h5-6,11-14H,4,7-10H2,1-3H3,(H2,17,18,19);1H. The van der Waals surface area contributed by atoms with Crippen molar-refractivity contribution in [2.24, 2.45) is 16.3 Å². The lowest BCUT2D eigenvalue weighted by molar-refractivity contribution is -0.106. The van der Waals surface area contributed by atoms with E-state index in [-0.39, 0.29) is 29.4 Å². The Labute approximate surface area is 145 Å². The van der Waals surface area contributed by atoms with Crippen molar-refractivity contribution in [3.63, 3.8) is 0 Å². The minimum absolute atomic E-state index is 0. The number of nitrogens with one attached hydrogen (secondary N) is 2. The van der Waals surface area contributed by atoms with Crippen LogP contribution in [0.1, 0.15) is 40.0 Å². The Morgan fingerprint density at radius 2 is 2.00 bits per heavy atom. The third kappa shape index (κ3) is 3.23. The van der Waals surface area contributed by atoms with E-state index in [2.05, 4.69) is 48.5 Å². The number of halogens is 1. The van der Waals surface area contributed by atoms with E-state index < -0.39 is 0 Å². The van der Waals surface area contributed by atoms with Crippen LogP contribution in [-0.4, -0.2) is 37.3 Å². The van der Waals surface area contributed by atoms with Crippen molar-refractivity contribution in [3.8, 4) is 0 Å². The quantitative estimate of drug-likeness (QED) is 0.329. The molecule has 0 aromatic rings. The maximum Gasteiger partial charge on any atom is 0.191 e. The van der Waals surface area contributed by atoms with E-state index in [1.165, 1.54) is 6.42 Å². The normalized spacial score (nSPS) is 34.0. The molecule has 120 valence electrons. The molecule has 3 unspecified atom stereocenters. The highest BCUT2D eigenvalue weighted by Gasteiger charge is 2.59. The van der Waals surface area contributed by atoms with Gasteiger partial charge in [0.15, 0.2) is 5.96 Å². The fraction of sp³-hybridized carbons (Fsp3) is 0.812. The van der Waals surface area contributed by atoms with Crippen molar-refractivity contribution in [3.05, 3.63) is 12.2 Å². The summed E-state index contributed by atoms with van der Waals surface area (Å²) in [5.41, 5.74) is 0.200. The van der Waals surface area contributed by atoms with Crippen molar-refractivity contribution >= 4 is 29.9 Å². The zero-order valence-corrected chi connectivity index (χ0v) is 15.6. The lowest BCUT2D eigenvalue weighted by Crippen LogP contribution is -2.68. The molecule has 21 heavy (non-hydrogen) atoms. The predicted molar refractivity (Wildman–Crippen MR) is 97.2 cm³/mol. The van der Waals surface area contributed by atoms with Crippen LogP contribution >= 0.6 is 24.0 Å². The molecule has 3 aliphatic rings. The molecule has 3 rings (SSSR count). The van der Waals surface area contributed by atoms with Crippen LogP contribution < -0.4 is 10.6 Å². The molecule has 2 N–H and O–H groups in total. The molecule has 0 amide bonds. The van der Waals surface area contributed by atoms with E-state index in [0.29, 0.717) is 24.1 Å². The molecule has 0 spiro atoms. The largest absolute Gasteiger partial charge is 0.377 e. The molecular weight excluding hydrogens is 377 g/mol. The summed E-state index contributed by atoms with van der Waals surface area (Å²) in [6.07, 6.45) is 8.30. The SMILES string of the molecule is CCN=C(NC1CC=CC1)NC1C2CCOC2C1(C)C.I. The number of guanidine groups is 1. The Morgan fingerprint density at radius 1 is 1.29 bits per heavy atom. The van der Waals surface area contributed by atoms with E-state index in [9.17, 15) is 0 Å². The van der Waals surface area contributed by atoms with Gasteiger partial charge in [0, 0.05) is 36.6 Å². The predicted octanol–water partition coefficient (Wildman–Crippen LogP) is 2.69. The second-order valence-corrected chi connectivity index (χ2v) is 6.79. The van der Waals surface area contributed by atoms with Crippen LogP contribution in [-0.2, 0) is 4.74 Å². The second kappa shape index (κ2) is 6.86. The smallest absolute Gasteiger partial charge is 0.191 e. The number of ether oxygens (including phenoxy) is 1. The molecular formula is C16H28IN3O. The highest BCUT2D eigenvalue weighted by atomic mass is 127. The summed E-state index contributed by atoms with van der Waals surface area (Å²) in [6, 6.07) is 0.980. The summed E-state index contributed by atoms with van der Waals surface area (Å²) in [4.78, 5) is 4.62. The number of fused-ring (bicyclic) bond motifs is 1. The van der Waals surface area contributed by atoms with E-state index in [1.807, 2.05) is 0 Å². The van der Waals surface area contributed by atoms with Gasteiger partial charge in [0.2, 0.25) is 0 Å². The number of nitrogens with zero attached hydrogens (tertiary/aromatic N) is 1. The van der Waals surface area contributed by atoms with Crippen molar-refractivity contribution in [1.29, 1.82) is 0 Å². The Hall–Kier alpha value is -0.300. The molecule has 2 aliphatic carbocycles. The first kappa shape index (κ1) is 17.1. The molecule has 0 bridgehead atoms.